The molecule has 5 heteroatoms. The quantitative estimate of drug-likeness (QED) is 0.843. The first-order valence-electron chi connectivity index (χ1n) is 8.03. The Labute approximate surface area is 140 Å². The highest BCUT2D eigenvalue weighted by Crippen LogP contribution is 2.29. The van der Waals surface area contributed by atoms with E-state index in [0.29, 0.717) is 0 Å². The van der Waals surface area contributed by atoms with Crippen molar-refractivity contribution in [3.63, 3.8) is 0 Å². The number of carboxylic acids is 1. The number of rotatable bonds is 4. The van der Waals surface area contributed by atoms with E-state index in [0.717, 1.165) is 31.6 Å². The fraction of sp³-hybridized carbons (Fsp3) is 0.263. The van der Waals surface area contributed by atoms with Crippen molar-refractivity contribution in [3.8, 4) is 5.75 Å². The smallest absolute Gasteiger partial charge is 0.336 e. The molecule has 0 spiro atoms. The third-order valence-electron chi connectivity index (χ3n) is 4.35. The van der Waals surface area contributed by atoms with Crippen LogP contribution in [0.4, 0.5) is 5.69 Å². The second-order valence-electron chi connectivity index (χ2n) is 5.93. The molecule has 24 heavy (non-hydrogen) atoms. The van der Waals surface area contributed by atoms with E-state index < -0.39 is 11.8 Å². The molecule has 2 N–H and O–H groups in total. The molecule has 1 heterocycles. The zero-order valence-electron chi connectivity index (χ0n) is 13.2. The highest BCUT2D eigenvalue weighted by molar-refractivity contribution is 6.15. The van der Waals surface area contributed by atoms with Crippen LogP contribution in [-0.4, -0.2) is 35.1 Å². The second-order valence-corrected chi connectivity index (χ2v) is 5.93. The Morgan fingerprint density at radius 3 is 2.17 bits per heavy atom. The van der Waals surface area contributed by atoms with Crippen LogP contribution in [0.15, 0.2) is 42.5 Å². The van der Waals surface area contributed by atoms with Gasteiger partial charge in [-0.05, 0) is 37.5 Å². The number of benzene rings is 2. The Hall–Kier alpha value is -2.82. The van der Waals surface area contributed by atoms with Crippen molar-refractivity contribution >= 4 is 17.4 Å². The van der Waals surface area contributed by atoms with Gasteiger partial charge in [-0.15, -0.1) is 0 Å². The third-order valence-corrected chi connectivity index (χ3v) is 4.35. The molecule has 0 bridgehead atoms. The van der Waals surface area contributed by atoms with Crippen molar-refractivity contribution in [2.75, 3.05) is 18.0 Å². The van der Waals surface area contributed by atoms with E-state index in [2.05, 4.69) is 4.90 Å². The Kier molecular flexibility index (Phi) is 4.51. The lowest BCUT2D eigenvalue weighted by atomic mass is 9.97. The number of hydrogen-bond acceptors (Lipinski definition) is 4. The van der Waals surface area contributed by atoms with Gasteiger partial charge >= 0.3 is 5.97 Å². The molecular formula is C19H19NO4. The lowest BCUT2D eigenvalue weighted by Crippen LogP contribution is -2.29. The van der Waals surface area contributed by atoms with Crippen molar-refractivity contribution in [2.45, 2.75) is 19.3 Å². The summed E-state index contributed by atoms with van der Waals surface area (Å²) < 4.78 is 0. The number of ketones is 1. The second kappa shape index (κ2) is 6.74. The van der Waals surface area contributed by atoms with Gasteiger partial charge in [-0.1, -0.05) is 18.2 Å². The van der Waals surface area contributed by atoms with Gasteiger partial charge < -0.3 is 15.1 Å². The molecule has 0 saturated carbocycles. The summed E-state index contributed by atoms with van der Waals surface area (Å²) in [6.45, 7) is 1.88. The van der Waals surface area contributed by atoms with E-state index in [4.69, 9.17) is 0 Å². The maximum Gasteiger partial charge on any atom is 0.336 e. The zero-order chi connectivity index (χ0) is 17.1. The first-order chi connectivity index (χ1) is 11.6. The van der Waals surface area contributed by atoms with Gasteiger partial charge in [0.05, 0.1) is 11.1 Å². The first kappa shape index (κ1) is 16.1. The minimum absolute atomic E-state index is 0.0676. The summed E-state index contributed by atoms with van der Waals surface area (Å²) in [5, 5.41) is 19.5. The summed E-state index contributed by atoms with van der Waals surface area (Å²) in [5.41, 5.74) is 1.01. The average molecular weight is 325 g/mol. The number of piperidine rings is 1. The molecule has 2 aromatic carbocycles. The number of hydrogen-bond donors (Lipinski definition) is 2. The van der Waals surface area contributed by atoms with E-state index in [1.165, 1.54) is 18.6 Å². The number of nitrogens with zero attached hydrogens (tertiary/aromatic N) is 1. The number of carbonyl (C=O) groups excluding carboxylic acids is 1. The lowest BCUT2D eigenvalue weighted by molar-refractivity contribution is 0.0692. The molecule has 1 aliphatic rings. The molecule has 0 aliphatic carbocycles. The van der Waals surface area contributed by atoms with Crippen LogP contribution in [0.3, 0.4) is 0 Å². The van der Waals surface area contributed by atoms with Crippen LogP contribution in [0.1, 0.15) is 45.5 Å². The Balaban J connectivity index is 1.92. The van der Waals surface area contributed by atoms with Gasteiger partial charge in [0.2, 0.25) is 0 Å². The molecule has 0 atom stereocenters. The number of carboxylic acid groups (broad SMARTS) is 1. The van der Waals surface area contributed by atoms with Gasteiger partial charge in [0.1, 0.15) is 5.75 Å². The molecule has 124 valence electrons. The number of aromatic hydroxyl groups is 1. The van der Waals surface area contributed by atoms with Crippen molar-refractivity contribution in [1.29, 1.82) is 0 Å². The van der Waals surface area contributed by atoms with Crippen molar-refractivity contribution < 1.29 is 19.8 Å². The Bertz CT molecular complexity index is 779. The van der Waals surface area contributed by atoms with Crippen molar-refractivity contribution in [1.82, 2.24) is 0 Å². The standard InChI is InChI=1S/C19H19NO4/c21-17-12-13(20-10-4-1-5-11-20)8-9-16(17)18(22)14-6-2-3-7-15(14)19(23)24/h2-3,6-9,12,21H,1,4-5,10-11H2,(H,23,24). The number of phenolic OH excluding ortho intramolecular Hbond substituents is 1. The van der Waals surface area contributed by atoms with E-state index in [-0.39, 0.29) is 22.4 Å². The van der Waals surface area contributed by atoms with Crippen LogP contribution in [0.2, 0.25) is 0 Å². The van der Waals surface area contributed by atoms with E-state index >= 15 is 0 Å². The number of anilines is 1. The average Bonchev–Trinajstić information content (AvgIpc) is 2.62. The molecule has 0 aromatic heterocycles. The van der Waals surface area contributed by atoms with Gasteiger partial charge in [-0.25, -0.2) is 4.79 Å². The molecular weight excluding hydrogens is 306 g/mol. The topological polar surface area (TPSA) is 77.8 Å². The van der Waals surface area contributed by atoms with Crippen LogP contribution in [-0.2, 0) is 0 Å². The summed E-state index contributed by atoms with van der Waals surface area (Å²) in [7, 11) is 0. The fourth-order valence-electron chi connectivity index (χ4n) is 3.07. The molecule has 0 amide bonds. The molecule has 5 nitrogen and oxygen atoms in total. The molecule has 1 aliphatic heterocycles. The number of aromatic carboxylic acids is 1. The Morgan fingerprint density at radius 1 is 0.875 bits per heavy atom. The van der Waals surface area contributed by atoms with Crippen LogP contribution in [0.25, 0.3) is 0 Å². The van der Waals surface area contributed by atoms with Crippen LogP contribution < -0.4 is 4.90 Å². The van der Waals surface area contributed by atoms with Gasteiger partial charge in [0.15, 0.2) is 5.78 Å². The summed E-state index contributed by atoms with van der Waals surface area (Å²) in [6, 6.07) is 11.0. The fourth-order valence-corrected chi connectivity index (χ4v) is 3.07. The normalized spacial score (nSPS) is 14.4. The summed E-state index contributed by atoms with van der Waals surface area (Å²) in [5.74, 6) is -1.78. The van der Waals surface area contributed by atoms with E-state index in [1.54, 1.807) is 24.3 Å². The van der Waals surface area contributed by atoms with E-state index in [9.17, 15) is 19.8 Å². The maximum absolute atomic E-state index is 12.6. The predicted octanol–water partition coefficient (Wildman–Crippen LogP) is 3.31. The molecule has 1 saturated heterocycles. The monoisotopic (exact) mass is 325 g/mol. The lowest BCUT2D eigenvalue weighted by Gasteiger charge is -2.29. The van der Waals surface area contributed by atoms with Gasteiger partial charge in [0, 0.05) is 30.4 Å². The largest absolute Gasteiger partial charge is 0.507 e. The summed E-state index contributed by atoms with van der Waals surface area (Å²) >= 11 is 0. The summed E-state index contributed by atoms with van der Waals surface area (Å²) in [6.07, 6.45) is 3.45. The molecule has 2 aromatic rings. The predicted molar refractivity (Wildman–Crippen MR) is 91.0 cm³/mol. The first-order valence-corrected chi connectivity index (χ1v) is 8.03. The third kappa shape index (κ3) is 3.11. The van der Waals surface area contributed by atoms with Crippen LogP contribution in [0, 0.1) is 0 Å². The van der Waals surface area contributed by atoms with Crippen LogP contribution in [0.5, 0.6) is 5.75 Å². The molecule has 0 unspecified atom stereocenters. The SMILES string of the molecule is O=C(O)c1ccccc1C(=O)c1ccc(N2CCCCC2)cc1O. The minimum Gasteiger partial charge on any atom is -0.507 e. The van der Waals surface area contributed by atoms with Gasteiger partial charge in [-0.2, -0.15) is 0 Å². The van der Waals surface area contributed by atoms with Crippen molar-refractivity contribution in [2.24, 2.45) is 0 Å². The van der Waals surface area contributed by atoms with Crippen molar-refractivity contribution in [3.05, 3.63) is 59.2 Å². The molecule has 1 fully saturated rings. The van der Waals surface area contributed by atoms with Crippen LogP contribution >= 0.6 is 0 Å². The zero-order valence-corrected chi connectivity index (χ0v) is 13.2. The minimum atomic E-state index is -1.16. The maximum atomic E-state index is 12.6. The highest BCUT2D eigenvalue weighted by atomic mass is 16.4. The summed E-state index contributed by atoms with van der Waals surface area (Å²) in [4.78, 5) is 26.1. The Morgan fingerprint density at radius 2 is 1.54 bits per heavy atom. The molecule has 0 radical (unpaired) electrons. The van der Waals surface area contributed by atoms with E-state index in [1.807, 2.05) is 6.07 Å². The van der Waals surface area contributed by atoms with Gasteiger partial charge in [0.25, 0.3) is 0 Å². The highest BCUT2D eigenvalue weighted by Gasteiger charge is 2.21. The number of phenols is 1. The van der Waals surface area contributed by atoms with Gasteiger partial charge in [-0.3, -0.25) is 4.79 Å². The number of carbonyl (C=O) groups is 2. The molecule has 3 rings (SSSR count).